The maximum atomic E-state index is 11.5. The zero-order valence-corrected chi connectivity index (χ0v) is 16.2. The van der Waals surface area contributed by atoms with Crippen LogP contribution < -0.4 is 0 Å². The molecule has 2 aromatic carbocycles. The first-order valence-electron chi connectivity index (χ1n) is 8.53. The molecule has 3 aromatic rings. The minimum atomic E-state index is -0.331. The number of hydrogen-bond acceptors (Lipinski definition) is 5. The number of methoxy groups -OCH3 is 1. The van der Waals surface area contributed by atoms with E-state index in [0.717, 1.165) is 27.9 Å². The zero-order chi connectivity index (χ0) is 19.2. The van der Waals surface area contributed by atoms with Gasteiger partial charge in [-0.2, -0.15) is 0 Å². The number of thioether (sulfide) groups is 1. The highest BCUT2D eigenvalue weighted by molar-refractivity contribution is 7.98. The van der Waals surface area contributed by atoms with Crippen molar-refractivity contribution in [2.45, 2.75) is 24.4 Å². The van der Waals surface area contributed by atoms with E-state index in [9.17, 15) is 4.79 Å². The molecule has 27 heavy (non-hydrogen) atoms. The molecule has 1 aromatic heterocycles. The van der Waals surface area contributed by atoms with Crippen LogP contribution in [0.15, 0.2) is 66.3 Å². The zero-order valence-electron chi connectivity index (χ0n) is 15.4. The summed E-state index contributed by atoms with van der Waals surface area (Å²) in [5.74, 6) is 1.23. The van der Waals surface area contributed by atoms with Crippen LogP contribution in [-0.4, -0.2) is 27.8 Å². The van der Waals surface area contributed by atoms with Crippen molar-refractivity contribution in [3.05, 3.63) is 77.9 Å². The van der Waals surface area contributed by atoms with Crippen LogP contribution >= 0.6 is 11.8 Å². The van der Waals surface area contributed by atoms with E-state index in [-0.39, 0.29) is 5.97 Å². The summed E-state index contributed by atoms with van der Waals surface area (Å²) in [4.78, 5) is 11.5. The molecule has 3 rings (SSSR count). The summed E-state index contributed by atoms with van der Waals surface area (Å²) in [6.45, 7) is 6.55. The Morgan fingerprint density at radius 1 is 1.22 bits per heavy atom. The number of rotatable bonds is 7. The number of aryl methyl sites for hydroxylation is 1. The molecule has 0 radical (unpaired) electrons. The fourth-order valence-electron chi connectivity index (χ4n) is 2.69. The standard InChI is InChI=1S/C21H21N3O2S/c1-4-12-24-19(18-7-5-6-15(2)13-18)22-23-21(24)27-14-16-8-10-17(11-9-16)20(25)26-3/h4-11,13H,1,12,14H2,2-3H3. The highest BCUT2D eigenvalue weighted by Gasteiger charge is 2.14. The van der Waals surface area contributed by atoms with Gasteiger partial charge < -0.3 is 4.74 Å². The third-order valence-corrected chi connectivity index (χ3v) is 5.09. The van der Waals surface area contributed by atoms with Crippen molar-refractivity contribution in [3.8, 4) is 11.4 Å². The van der Waals surface area contributed by atoms with Crippen molar-refractivity contribution in [2.24, 2.45) is 0 Å². The Bertz CT molecular complexity index is 948. The van der Waals surface area contributed by atoms with E-state index in [1.165, 1.54) is 12.7 Å². The topological polar surface area (TPSA) is 57.0 Å². The van der Waals surface area contributed by atoms with E-state index in [0.29, 0.717) is 12.1 Å². The van der Waals surface area contributed by atoms with Gasteiger partial charge in [-0.25, -0.2) is 4.79 Å². The van der Waals surface area contributed by atoms with Gasteiger partial charge in [-0.3, -0.25) is 4.57 Å². The van der Waals surface area contributed by atoms with Gasteiger partial charge >= 0.3 is 5.97 Å². The number of ether oxygens (including phenoxy) is 1. The van der Waals surface area contributed by atoms with Gasteiger partial charge in [0.15, 0.2) is 11.0 Å². The van der Waals surface area contributed by atoms with Gasteiger partial charge in [0.1, 0.15) is 0 Å². The average Bonchev–Trinajstić information content (AvgIpc) is 3.09. The molecule has 0 atom stereocenters. The molecule has 0 unspecified atom stereocenters. The van der Waals surface area contributed by atoms with Crippen molar-refractivity contribution < 1.29 is 9.53 Å². The second-order valence-electron chi connectivity index (χ2n) is 6.05. The molecule has 0 aliphatic carbocycles. The Kier molecular flexibility index (Phi) is 6.08. The van der Waals surface area contributed by atoms with Crippen molar-refractivity contribution >= 4 is 17.7 Å². The molecule has 5 nitrogen and oxygen atoms in total. The van der Waals surface area contributed by atoms with Crippen LogP contribution in [0.25, 0.3) is 11.4 Å². The third-order valence-electron chi connectivity index (χ3n) is 4.05. The summed E-state index contributed by atoms with van der Waals surface area (Å²) in [6.07, 6.45) is 1.85. The van der Waals surface area contributed by atoms with Crippen LogP contribution in [0.1, 0.15) is 21.5 Å². The van der Waals surface area contributed by atoms with Gasteiger partial charge in [-0.15, -0.1) is 16.8 Å². The van der Waals surface area contributed by atoms with Crippen LogP contribution in [0.2, 0.25) is 0 Å². The third kappa shape index (κ3) is 4.46. The minimum absolute atomic E-state index is 0.331. The van der Waals surface area contributed by atoms with Gasteiger partial charge in [-0.05, 0) is 30.7 Å². The van der Waals surface area contributed by atoms with Crippen molar-refractivity contribution in [3.63, 3.8) is 0 Å². The average molecular weight is 379 g/mol. The Hall–Kier alpha value is -2.86. The molecule has 0 fully saturated rings. The molecule has 0 amide bonds. The molecule has 0 saturated carbocycles. The first kappa shape index (κ1) is 18.9. The Morgan fingerprint density at radius 3 is 2.67 bits per heavy atom. The molecule has 0 bridgehead atoms. The normalized spacial score (nSPS) is 10.6. The van der Waals surface area contributed by atoms with E-state index in [2.05, 4.69) is 40.4 Å². The molecular weight excluding hydrogens is 358 g/mol. The number of nitrogens with zero attached hydrogens (tertiary/aromatic N) is 3. The number of hydrogen-bond donors (Lipinski definition) is 0. The molecule has 0 aliphatic rings. The van der Waals surface area contributed by atoms with Crippen molar-refractivity contribution in [1.82, 2.24) is 14.8 Å². The number of esters is 1. The van der Waals surface area contributed by atoms with Crippen LogP contribution in [0.3, 0.4) is 0 Å². The molecule has 0 N–H and O–H groups in total. The maximum absolute atomic E-state index is 11.5. The summed E-state index contributed by atoms with van der Waals surface area (Å²) < 4.78 is 6.79. The number of allylic oxidation sites excluding steroid dienone is 1. The summed E-state index contributed by atoms with van der Waals surface area (Å²) in [5, 5.41) is 9.60. The number of aromatic nitrogens is 3. The van der Waals surface area contributed by atoms with Gasteiger partial charge in [0.2, 0.25) is 0 Å². The highest BCUT2D eigenvalue weighted by Crippen LogP contribution is 2.27. The molecular formula is C21H21N3O2S. The van der Waals surface area contributed by atoms with Crippen LogP contribution in [-0.2, 0) is 17.0 Å². The highest BCUT2D eigenvalue weighted by atomic mass is 32.2. The van der Waals surface area contributed by atoms with E-state index >= 15 is 0 Å². The van der Waals surface area contributed by atoms with E-state index in [1.807, 2.05) is 30.3 Å². The predicted octanol–water partition coefficient (Wildman–Crippen LogP) is 4.52. The summed E-state index contributed by atoms with van der Waals surface area (Å²) in [5.41, 5.74) is 3.86. The largest absolute Gasteiger partial charge is 0.465 e. The molecule has 0 spiro atoms. The summed E-state index contributed by atoms with van der Waals surface area (Å²) in [6, 6.07) is 15.6. The van der Waals surface area contributed by atoms with E-state index < -0.39 is 0 Å². The monoisotopic (exact) mass is 379 g/mol. The fraction of sp³-hybridized carbons (Fsp3) is 0.190. The molecule has 0 aliphatic heterocycles. The molecule has 1 heterocycles. The Labute approximate surface area is 163 Å². The fourth-order valence-corrected chi connectivity index (χ4v) is 3.59. The Morgan fingerprint density at radius 2 is 2.00 bits per heavy atom. The lowest BCUT2D eigenvalue weighted by Crippen LogP contribution is -2.01. The predicted molar refractivity (Wildman–Crippen MR) is 108 cm³/mol. The van der Waals surface area contributed by atoms with Gasteiger partial charge in [-0.1, -0.05) is 53.7 Å². The molecule has 6 heteroatoms. The lowest BCUT2D eigenvalue weighted by molar-refractivity contribution is 0.0600. The molecule has 0 saturated heterocycles. The second kappa shape index (κ2) is 8.68. The summed E-state index contributed by atoms with van der Waals surface area (Å²) in [7, 11) is 1.38. The van der Waals surface area contributed by atoms with E-state index in [4.69, 9.17) is 4.74 Å². The van der Waals surface area contributed by atoms with Crippen molar-refractivity contribution in [1.29, 1.82) is 0 Å². The number of benzene rings is 2. The van der Waals surface area contributed by atoms with Gasteiger partial charge in [0.25, 0.3) is 0 Å². The molecule has 138 valence electrons. The lowest BCUT2D eigenvalue weighted by Gasteiger charge is -2.08. The first-order valence-corrected chi connectivity index (χ1v) is 9.52. The summed E-state index contributed by atoms with van der Waals surface area (Å²) >= 11 is 1.61. The number of carbonyl (C=O) groups is 1. The Balaban J connectivity index is 1.79. The number of carbonyl (C=O) groups excluding carboxylic acids is 1. The minimum Gasteiger partial charge on any atom is -0.465 e. The van der Waals surface area contributed by atoms with E-state index in [1.54, 1.807) is 23.9 Å². The van der Waals surface area contributed by atoms with Gasteiger partial charge in [0, 0.05) is 17.9 Å². The van der Waals surface area contributed by atoms with Crippen molar-refractivity contribution in [2.75, 3.05) is 7.11 Å². The smallest absolute Gasteiger partial charge is 0.337 e. The SMILES string of the molecule is C=CCn1c(SCc2ccc(C(=O)OC)cc2)nnc1-c1cccc(C)c1. The lowest BCUT2D eigenvalue weighted by atomic mass is 10.1. The maximum Gasteiger partial charge on any atom is 0.337 e. The quantitative estimate of drug-likeness (QED) is 0.343. The first-order chi connectivity index (χ1) is 13.1. The van der Waals surface area contributed by atoms with Crippen LogP contribution in [0, 0.1) is 6.92 Å². The van der Waals surface area contributed by atoms with Crippen LogP contribution in [0.5, 0.6) is 0 Å². The second-order valence-corrected chi connectivity index (χ2v) is 6.99. The van der Waals surface area contributed by atoms with Gasteiger partial charge in [0.05, 0.1) is 12.7 Å². The van der Waals surface area contributed by atoms with Crippen LogP contribution in [0.4, 0.5) is 0 Å².